The number of carbonyl (C=O) groups is 1. The molecule has 0 aliphatic carbocycles. The number of benzene rings is 3. The van der Waals surface area contributed by atoms with E-state index in [1.165, 1.54) is 11.8 Å². The van der Waals surface area contributed by atoms with Gasteiger partial charge in [-0.05, 0) is 35.0 Å². The van der Waals surface area contributed by atoms with Gasteiger partial charge in [0.2, 0.25) is 0 Å². The number of carbonyl (C=O) groups excluding carboxylic acids is 1. The molecule has 0 fully saturated rings. The van der Waals surface area contributed by atoms with E-state index in [9.17, 15) is 9.59 Å². The highest BCUT2D eigenvalue weighted by molar-refractivity contribution is 9.10. The van der Waals surface area contributed by atoms with Crippen molar-refractivity contribution >= 4 is 49.8 Å². The molecule has 4 aromatic rings. The molecule has 1 heterocycles. The summed E-state index contributed by atoms with van der Waals surface area (Å²) < 4.78 is 12.4. The number of methoxy groups -OCH3 is 1. The van der Waals surface area contributed by atoms with Crippen LogP contribution < -0.4 is 10.3 Å². The Morgan fingerprint density at radius 2 is 1.97 bits per heavy atom. The quantitative estimate of drug-likeness (QED) is 0.295. The Kier molecular flexibility index (Phi) is 6.32. The minimum atomic E-state index is -0.491. The zero-order valence-corrected chi connectivity index (χ0v) is 19.1. The van der Waals surface area contributed by atoms with Crippen molar-refractivity contribution in [3.05, 3.63) is 80.8 Å². The van der Waals surface area contributed by atoms with E-state index in [4.69, 9.17) is 4.74 Å². The maximum absolute atomic E-state index is 13.2. The zero-order valence-electron chi connectivity index (χ0n) is 17.5. The molecule has 0 N–H and O–H groups in total. The smallest absolute Gasteiger partial charge is 0.343 e. The first-order chi connectivity index (χ1) is 15.5. The molecule has 0 radical (unpaired) electrons. The summed E-state index contributed by atoms with van der Waals surface area (Å²) in [6.07, 6.45) is 2.10. The second-order valence-corrected chi connectivity index (χ2v) is 7.88. The molecule has 162 valence electrons. The zero-order chi connectivity index (χ0) is 22.7. The Morgan fingerprint density at radius 1 is 1.16 bits per heavy atom. The first kappa shape index (κ1) is 21.7. The molecule has 4 rings (SSSR count). The van der Waals surface area contributed by atoms with E-state index in [-0.39, 0.29) is 12.2 Å². The van der Waals surface area contributed by atoms with Crippen molar-refractivity contribution in [2.24, 2.45) is 5.10 Å². The van der Waals surface area contributed by atoms with Gasteiger partial charge < -0.3 is 9.47 Å². The molecule has 0 bridgehead atoms. The van der Waals surface area contributed by atoms with Gasteiger partial charge in [0.05, 0.1) is 24.2 Å². The fourth-order valence-electron chi connectivity index (χ4n) is 3.39. The highest BCUT2D eigenvalue weighted by Gasteiger charge is 2.12. The van der Waals surface area contributed by atoms with Crippen LogP contribution in [-0.4, -0.2) is 35.6 Å². The molecular formula is C24H20BrN3O4. The van der Waals surface area contributed by atoms with Gasteiger partial charge in [-0.1, -0.05) is 53.2 Å². The van der Waals surface area contributed by atoms with Crippen LogP contribution in [-0.2, 0) is 16.0 Å². The van der Waals surface area contributed by atoms with E-state index >= 15 is 0 Å². The minimum Gasteiger partial charge on any atom is -0.481 e. The predicted molar refractivity (Wildman–Crippen MR) is 128 cm³/mol. The van der Waals surface area contributed by atoms with E-state index in [2.05, 4.69) is 30.8 Å². The van der Waals surface area contributed by atoms with E-state index in [1.54, 1.807) is 24.4 Å². The number of aryl methyl sites for hydroxylation is 1. The minimum absolute atomic E-state index is 0.235. The number of rotatable bonds is 6. The number of hydrogen-bond donors (Lipinski definition) is 0. The van der Waals surface area contributed by atoms with Gasteiger partial charge >= 0.3 is 5.97 Å². The fourth-order valence-corrected chi connectivity index (χ4v) is 3.75. The van der Waals surface area contributed by atoms with E-state index in [0.717, 1.165) is 15.2 Å². The van der Waals surface area contributed by atoms with Crippen LogP contribution in [0.15, 0.2) is 69.0 Å². The van der Waals surface area contributed by atoms with Gasteiger partial charge in [0.15, 0.2) is 6.61 Å². The van der Waals surface area contributed by atoms with Crippen LogP contribution in [0.4, 0.5) is 0 Å². The van der Waals surface area contributed by atoms with Crippen molar-refractivity contribution in [1.82, 2.24) is 9.66 Å². The highest BCUT2D eigenvalue weighted by atomic mass is 79.9. The number of aromatic nitrogens is 2. The summed E-state index contributed by atoms with van der Waals surface area (Å²) in [4.78, 5) is 29.4. The Morgan fingerprint density at radius 3 is 2.75 bits per heavy atom. The molecular weight excluding hydrogens is 474 g/mol. The molecule has 0 atom stereocenters. The SMILES string of the molecule is CCc1nc2ccc(Br)cc2c(=O)n1N=Cc1c(OCC(=O)OC)ccc2ccccc12. The first-order valence-electron chi connectivity index (χ1n) is 9.98. The highest BCUT2D eigenvalue weighted by Crippen LogP contribution is 2.27. The fraction of sp³-hybridized carbons (Fsp3) is 0.167. The lowest BCUT2D eigenvalue weighted by Gasteiger charge is -2.12. The number of halogens is 1. The topological polar surface area (TPSA) is 82.8 Å². The lowest BCUT2D eigenvalue weighted by Crippen LogP contribution is -2.22. The second kappa shape index (κ2) is 9.32. The van der Waals surface area contributed by atoms with E-state index in [0.29, 0.717) is 34.5 Å². The summed E-state index contributed by atoms with van der Waals surface area (Å²) in [5.41, 5.74) is 1.01. The second-order valence-electron chi connectivity index (χ2n) is 6.97. The third kappa shape index (κ3) is 4.27. The van der Waals surface area contributed by atoms with Crippen molar-refractivity contribution in [2.75, 3.05) is 13.7 Å². The third-order valence-corrected chi connectivity index (χ3v) is 5.49. The van der Waals surface area contributed by atoms with Crippen LogP contribution in [0, 0.1) is 0 Å². The van der Waals surface area contributed by atoms with Gasteiger partial charge in [0.25, 0.3) is 5.56 Å². The summed E-state index contributed by atoms with van der Waals surface area (Å²) in [5, 5.41) is 6.81. The van der Waals surface area contributed by atoms with Crippen molar-refractivity contribution in [3.8, 4) is 5.75 Å². The monoisotopic (exact) mass is 493 g/mol. The van der Waals surface area contributed by atoms with Crippen LogP contribution >= 0.6 is 15.9 Å². The largest absolute Gasteiger partial charge is 0.481 e. The van der Waals surface area contributed by atoms with Gasteiger partial charge in [-0.25, -0.2) is 9.78 Å². The van der Waals surface area contributed by atoms with Crippen LogP contribution in [0.25, 0.3) is 21.7 Å². The van der Waals surface area contributed by atoms with E-state index in [1.807, 2.05) is 43.3 Å². The molecule has 0 saturated carbocycles. The van der Waals surface area contributed by atoms with Gasteiger partial charge in [0, 0.05) is 16.5 Å². The van der Waals surface area contributed by atoms with Crippen LogP contribution in [0.3, 0.4) is 0 Å². The summed E-state index contributed by atoms with van der Waals surface area (Å²) in [5.74, 6) is 0.508. The molecule has 8 heteroatoms. The average Bonchev–Trinajstić information content (AvgIpc) is 2.82. The number of ether oxygens (including phenoxy) is 2. The standard InChI is InChI=1S/C24H20BrN3O4/c1-3-22-27-20-10-9-16(25)12-18(20)24(30)28(22)26-13-19-17-7-5-4-6-15(17)8-11-21(19)32-14-23(29)31-2/h4-13H,3,14H2,1-2H3. The summed E-state index contributed by atoms with van der Waals surface area (Å²) in [6.45, 7) is 1.68. The summed E-state index contributed by atoms with van der Waals surface area (Å²) in [7, 11) is 1.30. The Labute approximate surface area is 192 Å². The van der Waals surface area contributed by atoms with Crippen molar-refractivity contribution in [3.63, 3.8) is 0 Å². The molecule has 1 aromatic heterocycles. The molecule has 3 aromatic carbocycles. The molecule has 0 aliphatic heterocycles. The molecule has 32 heavy (non-hydrogen) atoms. The number of fused-ring (bicyclic) bond motifs is 2. The third-order valence-electron chi connectivity index (χ3n) is 5.00. The number of hydrogen-bond acceptors (Lipinski definition) is 6. The Balaban J connectivity index is 1.86. The van der Waals surface area contributed by atoms with Gasteiger partial charge in [0.1, 0.15) is 11.6 Å². The van der Waals surface area contributed by atoms with Crippen LogP contribution in [0.1, 0.15) is 18.3 Å². The number of esters is 1. The number of nitrogens with zero attached hydrogens (tertiary/aromatic N) is 3. The van der Waals surface area contributed by atoms with Crippen molar-refractivity contribution < 1.29 is 14.3 Å². The van der Waals surface area contributed by atoms with Crippen molar-refractivity contribution in [2.45, 2.75) is 13.3 Å². The molecule has 0 spiro atoms. The lowest BCUT2D eigenvalue weighted by molar-refractivity contribution is -0.142. The van der Waals surface area contributed by atoms with Crippen LogP contribution in [0.5, 0.6) is 5.75 Å². The predicted octanol–water partition coefficient (Wildman–Crippen LogP) is 4.31. The van der Waals surface area contributed by atoms with Gasteiger partial charge in [-0.15, -0.1) is 0 Å². The first-order valence-corrected chi connectivity index (χ1v) is 10.8. The average molecular weight is 494 g/mol. The maximum Gasteiger partial charge on any atom is 0.343 e. The maximum atomic E-state index is 13.2. The molecule has 0 aliphatic rings. The lowest BCUT2D eigenvalue weighted by atomic mass is 10.0. The molecule has 0 saturated heterocycles. The summed E-state index contributed by atoms with van der Waals surface area (Å²) in [6, 6.07) is 16.8. The molecule has 0 amide bonds. The van der Waals surface area contributed by atoms with Gasteiger partial charge in [-0.2, -0.15) is 9.78 Å². The normalized spacial score (nSPS) is 11.3. The Hall–Kier alpha value is -3.52. The van der Waals surface area contributed by atoms with Crippen molar-refractivity contribution in [1.29, 1.82) is 0 Å². The van der Waals surface area contributed by atoms with Crippen LogP contribution in [0.2, 0.25) is 0 Å². The van der Waals surface area contributed by atoms with Gasteiger partial charge in [-0.3, -0.25) is 4.79 Å². The molecule has 7 nitrogen and oxygen atoms in total. The molecule has 0 unspecified atom stereocenters. The van der Waals surface area contributed by atoms with E-state index < -0.39 is 5.97 Å². The summed E-state index contributed by atoms with van der Waals surface area (Å²) >= 11 is 3.41. The Bertz CT molecular complexity index is 1410.